The largest absolute Gasteiger partial charge is 0.495 e. The third kappa shape index (κ3) is 4.64. The first-order chi connectivity index (χ1) is 12.2. The molecule has 152 valence electrons. The van der Waals surface area contributed by atoms with Crippen LogP contribution in [0.1, 0.15) is 32.1 Å². The summed E-state index contributed by atoms with van der Waals surface area (Å²) in [5.41, 5.74) is 1.48. The number of halogens is 2. The van der Waals surface area contributed by atoms with E-state index >= 15 is 0 Å². The maximum Gasteiger partial charge on any atom is 0.223 e. The van der Waals surface area contributed by atoms with E-state index < -0.39 is 0 Å². The Labute approximate surface area is 174 Å². The quantitative estimate of drug-likeness (QED) is 0.793. The standard InChI is InChI=1S/C20H29N3O2.2ClH/c1-25-18-5-3-2-4-17(18)23-12-6-15(7-13-23)22-19(24)16-14-20(16)8-10-21-11-9-20;;/h2-5,15-16,21H,6-14H2,1H3,(H,22,24);2*1H. The zero-order chi connectivity index (χ0) is 17.3. The number of nitrogens with zero attached hydrogens (tertiary/aromatic N) is 1. The van der Waals surface area contributed by atoms with Crippen LogP contribution in [0.3, 0.4) is 0 Å². The SMILES string of the molecule is COc1ccccc1N1CCC(NC(=O)C2CC23CCNCC3)CC1.Cl.Cl. The highest BCUT2D eigenvalue weighted by Gasteiger charge is 2.57. The number of para-hydroxylation sites is 2. The van der Waals surface area contributed by atoms with E-state index in [-0.39, 0.29) is 30.7 Å². The number of piperidine rings is 2. The normalized spacial score (nSPS) is 23.7. The van der Waals surface area contributed by atoms with Crippen molar-refractivity contribution >= 4 is 36.4 Å². The molecule has 2 saturated heterocycles. The van der Waals surface area contributed by atoms with Crippen LogP contribution >= 0.6 is 24.8 Å². The zero-order valence-corrected chi connectivity index (χ0v) is 17.5. The lowest BCUT2D eigenvalue weighted by atomic mass is 9.91. The van der Waals surface area contributed by atoms with Crippen LogP contribution in [0.2, 0.25) is 0 Å². The van der Waals surface area contributed by atoms with Crippen molar-refractivity contribution in [3.63, 3.8) is 0 Å². The van der Waals surface area contributed by atoms with Gasteiger partial charge < -0.3 is 20.3 Å². The molecule has 0 aromatic heterocycles. The average Bonchev–Trinajstić information content (AvgIpc) is 3.36. The molecule has 7 heteroatoms. The molecule has 1 saturated carbocycles. The van der Waals surface area contributed by atoms with Gasteiger partial charge in [-0.3, -0.25) is 4.79 Å². The number of benzene rings is 1. The van der Waals surface area contributed by atoms with Crippen molar-refractivity contribution < 1.29 is 9.53 Å². The Hall–Kier alpha value is -1.17. The lowest BCUT2D eigenvalue weighted by molar-refractivity contribution is -0.124. The maximum absolute atomic E-state index is 12.6. The Kier molecular flexibility index (Phi) is 7.66. The highest BCUT2D eigenvalue weighted by molar-refractivity contribution is 5.85. The Bertz CT molecular complexity index is 629. The summed E-state index contributed by atoms with van der Waals surface area (Å²) in [5, 5.41) is 6.74. The first-order valence-corrected chi connectivity index (χ1v) is 9.61. The fourth-order valence-electron chi connectivity index (χ4n) is 4.65. The van der Waals surface area contributed by atoms with E-state index in [1.54, 1.807) is 7.11 Å². The molecular weight excluding hydrogens is 385 g/mol. The summed E-state index contributed by atoms with van der Waals surface area (Å²) in [7, 11) is 1.72. The van der Waals surface area contributed by atoms with Crippen molar-refractivity contribution in [3.8, 4) is 5.75 Å². The Morgan fingerprint density at radius 2 is 1.85 bits per heavy atom. The van der Waals surface area contributed by atoms with Gasteiger partial charge in [-0.2, -0.15) is 0 Å². The van der Waals surface area contributed by atoms with Gasteiger partial charge in [-0.05, 0) is 62.7 Å². The third-order valence-corrected chi connectivity index (χ3v) is 6.37. The Morgan fingerprint density at radius 1 is 1.19 bits per heavy atom. The fraction of sp³-hybridized carbons (Fsp3) is 0.650. The smallest absolute Gasteiger partial charge is 0.223 e. The fourth-order valence-corrected chi connectivity index (χ4v) is 4.65. The van der Waals surface area contributed by atoms with E-state index in [4.69, 9.17) is 4.74 Å². The summed E-state index contributed by atoms with van der Waals surface area (Å²) in [6.45, 7) is 4.07. The molecule has 1 aromatic rings. The van der Waals surface area contributed by atoms with Crippen LogP contribution in [0.4, 0.5) is 5.69 Å². The highest BCUT2D eigenvalue weighted by Crippen LogP contribution is 2.58. The van der Waals surface area contributed by atoms with Crippen molar-refractivity contribution in [2.24, 2.45) is 11.3 Å². The van der Waals surface area contributed by atoms with Gasteiger partial charge >= 0.3 is 0 Å². The summed E-state index contributed by atoms with van der Waals surface area (Å²) in [5.74, 6) is 1.50. The van der Waals surface area contributed by atoms with E-state index in [1.165, 1.54) is 0 Å². The number of carbonyl (C=O) groups excluding carboxylic acids is 1. The number of rotatable bonds is 4. The summed E-state index contributed by atoms with van der Waals surface area (Å²) in [6.07, 6.45) is 5.44. The molecule has 2 heterocycles. The number of ether oxygens (including phenoxy) is 1. The second-order valence-corrected chi connectivity index (χ2v) is 7.81. The van der Waals surface area contributed by atoms with Gasteiger partial charge in [0.1, 0.15) is 5.75 Å². The molecule has 1 atom stereocenters. The maximum atomic E-state index is 12.6. The minimum atomic E-state index is 0. The molecule has 3 fully saturated rings. The number of nitrogens with one attached hydrogen (secondary N) is 2. The van der Waals surface area contributed by atoms with E-state index in [9.17, 15) is 4.79 Å². The van der Waals surface area contributed by atoms with Crippen LogP contribution in [0.5, 0.6) is 5.75 Å². The van der Waals surface area contributed by atoms with Crippen molar-refractivity contribution in [2.45, 2.75) is 38.1 Å². The average molecular weight is 416 g/mol. The monoisotopic (exact) mass is 415 g/mol. The molecule has 27 heavy (non-hydrogen) atoms. The summed E-state index contributed by atoms with van der Waals surface area (Å²) < 4.78 is 5.48. The second-order valence-electron chi connectivity index (χ2n) is 7.81. The molecular formula is C20H31Cl2N3O2. The van der Waals surface area contributed by atoms with E-state index in [2.05, 4.69) is 27.7 Å². The van der Waals surface area contributed by atoms with Crippen LogP contribution < -0.4 is 20.3 Å². The number of anilines is 1. The van der Waals surface area contributed by atoms with Gasteiger partial charge in [0.05, 0.1) is 12.8 Å². The first-order valence-electron chi connectivity index (χ1n) is 9.61. The van der Waals surface area contributed by atoms with Crippen LogP contribution in [-0.2, 0) is 4.79 Å². The molecule has 0 bridgehead atoms. The van der Waals surface area contributed by atoms with Crippen molar-refractivity contribution in [1.29, 1.82) is 0 Å². The molecule has 4 rings (SSSR count). The lowest BCUT2D eigenvalue weighted by Gasteiger charge is -2.34. The molecule has 1 aliphatic carbocycles. The van der Waals surface area contributed by atoms with Gasteiger partial charge in [-0.1, -0.05) is 12.1 Å². The number of carbonyl (C=O) groups is 1. The third-order valence-electron chi connectivity index (χ3n) is 6.37. The Morgan fingerprint density at radius 3 is 2.52 bits per heavy atom. The molecule has 2 N–H and O–H groups in total. The van der Waals surface area contributed by atoms with Crippen molar-refractivity contribution in [3.05, 3.63) is 24.3 Å². The molecule has 1 spiro atoms. The summed E-state index contributed by atoms with van der Waals surface area (Å²) in [4.78, 5) is 15.0. The Balaban J connectivity index is 0.00000131. The lowest BCUT2D eigenvalue weighted by Crippen LogP contribution is -2.46. The van der Waals surface area contributed by atoms with E-state index in [1.807, 2.05) is 12.1 Å². The van der Waals surface area contributed by atoms with E-state index in [0.29, 0.717) is 17.4 Å². The van der Waals surface area contributed by atoms with Crippen LogP contribution in [0, 0.1) is 11.3 Å². The summed E-state index contributed by atoms with van der Waals surface area (Å²) >= 11 is 0. The number of hydrogen-bond donors (Lipinski definition) is 2. The number of hydrogen-bond acceptors (Lipinski definition) is 4. The molecule has 3 aliphatic rings. The van der Waals surface area contributed by atoms with Gasteiger partial charge in [0.2, 0.25) is 5.91 Å². The molecule has 0 radical (unpaired) electrons. The van der Waals surface area contributed by atoms with Crippen LogP contribution in [0.15, 0.2) is 24.3 Å². The topological polar surface area (TPSA) is 53.6 Å². The molecule has 1 amide bonds. The van der Waals surface area contributed by atoms with Crippen LogP contribution in [0.25, 0.3) is 0 Å². The minimum Gasteiger partial charge on any atom is -0.495 e. The molecule has 1 aromatic carbocycles. The second kappa shape index (κ2) is 9.35. The van der Waals surface area contributed by atoms with Gasteiger partial charge in [0.25, 0.3) is 0 Å². The van der Waals surface area contributed by atoms with Gasteiger partial charge in [0, 0.05) is 25.0 Å². The van der Waals surface area contributed by atoms with Gasteiger partial charge in [0.15, 0.2) is 0 Å². The van der Waals surface area contributed by atoms with Crippen molar-refractivity contribution in [2.75, 3.05) is 38.2 Å². The first kappa shape index (κ1) is 22.1. The highest BCUT2D eigenvalue weighted by atomic mass is 35.5. The predicted molar refractivity (Wildman–Crippen MR) is 114 cm³/mol. The minimum absolute atomic E-state index is 0. The van der Waals surface area contributed by atoms with Gasteiger partial charge in [-0.15, -0.1) is 24.8 Å². The van der Waals surface area contributed by atoms with Gasteiger partial charge in [-0.25, -0.2) is 0 Å². The molecule has 5 nitrogen and oxygen atoms in total. The van der Waals surface area contributed by atoms with Crippen LogP contribution in [-0.4, -0.2) is 45.2 Å². The number of methoxy groups -OCH3 is 1. The summed E-state index contributed by atoms with van der Waals surface area (Å²) in [6, 6.07) is 8.49. The number of amides is 1. The predicted octanol–water partition coefficient (Wildman–Crippen LogP) is 3.01. The molecule has 1 unspecified atom stereocenters. The zero-order valence-electron chi connectivity index (χ0n) is 15.9. The van der Waals surface area contributed by atoms with Crippen molar-refractivity contribution in [1.82, 2.24) is 10.6 Å². The molecule has 2 aliphatic heterocycles. The van der Waals surface area contributed by atoms with E-state index in [0.717, 1.165) is 69.7 Å².